The highest BCUT2D eigenvalue weighted by Gasteiger charge is 2.09. The summed E-state index contributed by atoms with van der Waals surface area (Å²) in [5, 5.41) is 5.20. The molecule has 132 valence electrons. The van der Waals surface area contributed by atoms with Crippen LogP contribution in [0.2, 0.25) is 0 Å². The Balaban J connectivity index is 1.79. The summed E-state index contributed by atoms with van der Waals surface area (Å²) in [4.78, 5) is 23.8. The average Bonchev–Trinajstić information content (AvgIpc) is 2.61. The monoisotopic (exact) mass is 342 g/mol. The van der Waals surface area contributed by atoms with E-state index in [0.29, 0.717) is 5.69 Å². The van der Waals surface area contributed by atoms with E-state index in [4.69, 9.17) is 0 Å². The Kier molecular flexibility index (Phi) is 7.14. The number of anilines is 1. The number of hydrogen-bond acceptors (Lipinski definition) is 2. The van der Waals surface area contributed by atoms with E-state index in [0.717, 1.165) is 18.9 Å². The van der Waals surface area contributed by atoms with Gasteiger partial charge in [-0.1, -0.05) is 38.0 Å². The van der Waals surface area contributed by atoms with Gasteiger partial charge in [0.05, 0.1) is 6.54 Å². The highest BCUT2D eigenvalue weighted by atomic mass is 19.1. The van der Waals surface area contributed by atoms with Crippen LogP contribution in [0.5, 0.6) is 0 Å². The predicted octanol–water partition coefficient (Wildman–Crippen LogP) is 3.93. The Labute approximate surface area is 147 Å². The molecule has 25 heavy (non-hydrogen) atoms. The van der Waals surface area contributed by atoms with Gasteiger partial charge in [0.2, 0.25) is 5.91 Å². The maximum Gasteiger partial charge on any atom is 0.251 e. The van der Waals surface area contributed by atoms with Crippen LogP contribution in [0.1, 0.15) is 42.1 Å². The van der Waals surface area contributed by atoms with E-state index < -0.39 is 11.7 Å². The predicted molar refractivity (Wildman–Crippen MR) is 97.0 cm³/mol. The number of carbonyl (C=O) groups excluding carboxylic acids is 2. The maximum atomic E-state index is 13.1. The van der Waals surface area contributed by atoms with Gasteiger partial charge in [0, 0.05) is 11.3 Å². The summed E-state index contributed by atoms with van der Waals surface area (Å²) in [6, 6.07) is 13.0. The molecule has 0 aliphatic rings. The van der Waals surface area contributed by atoms with Crippen molar-refractivity contribution in [1.29, 1.82) is 0 Å². The summed E-state index contributed by atoms with van der Waals surface area (Å²) < 4.78 is 13.1. The first-order chi connectivity index (χ1) is 12.1. The molecule has 0 aliphatic heterocycles. The van der Waals surface area contributed by atoms with Crippen LogP contribution < -0.4 is 10.6 Å². The Morgan fingerprint density at radius 1 is 1.04 bits per heavy atom. The molecule has 0 radical (unpaired) electrons. The quantitative estimate of drug-likeness (QED) is 0.714. The first-order valence-corrected chi connectivity index (χ1v) is 8.51. The lowest BCUT2D eigenvalue weighted by Gasteiger charge is -2.08. The second kappa shape index (κ2) is 9.57. The third-order valence-electron chi connectivity index (χ3n) is 3.80. The van der Waals surface area contributed by atoms with Crippen LogP contribution in [0, 0.1) is 5.82 Å². The Morgan fingerprint density at radius 3 is 2.48 bits per heavy atom. The number of nitrogens with one attached hydrogen (secondary N) is 2. The molecule has 0 fully saturated rings. The number of hydrogen-bond donors (Lipinski definition) is 2. The fraction of sp³-hybridized carbons (Fsp3) is 0.300. The summed E-state index contributed by atoms with van der Waals surface area (Å²) in [6.07, 6.45) is 4.60. The molecule has 0 bridgehead atoms. The summed E-state index contributed by atoms with van der Waals surface area (Å²) in [5.41, 5.74) is 2.11. The van der Waals surface area contributed by atoms with E-state index in [2.05, 4.69) is 17.6 Å². The van der Waals surface area contributed by atoms with Crippen LogP contribution in [-0.4, -0.2) is 18.4 Å². The molecule has 0 aliphatic carbocycles. The Hall–Kier alpha value is -2.69. The molecule has 4 nitrogen and oxygen atoms in total. The zero-order chi connectivity index (χ0) is 18.1. The minimum atomic E-state index is -0.490. The zero-order valence-electron chi connectivity index (χ0n) is 14.3. The van der Waals surface area contributed by atoms with Gasteiger partial charge in [0.1, 0.15) is 5.82 Å². The molecule has 0 heterocycles. The minimum absolute atomic E-state index is 0.173. The van der Waals surface area contributed by atoms with Crippen molar-refractivity contribution in [1.82, 2.24) is 5.32 Å². The molecule has 0 aromatic heterocycles. The van der Waals surface area contributed by atoms with Crippen molar-refractivity contribution in [2.45, 2.75) is 32.6 Å². The van der Waals surface area contributed by atoms with Gasteiger partial charge in [0.15, 0.2) is 0 Å². The summed E-state index contributed by atoms with van der Waals surface area (Å²) in [7, 11) is 0. The van der Waals surface area contributed by atoms with Crippen LogP contribution >= 0.6 is 0 Å². The lowest BCUT2D eigenvalue weighted by atomic mass is 10.1. The highest BCUT2D eigenvalue weighted by Crippen LogP contribution is 2.12. The van der Waals surface area contributed by atoms with Gasteiger partial charge in [-0.3, -0.25) is 9.59 Å². The maximum absolute atomic E-state index is 13.1. The van der Waals surface area contributed by atoms with E-state index >= 15 is 0 Å². The molecular weight excluding hydrogens is 319 g/mol. The molecule has 2 N–H and O–H groups in total. The van der Waals surface area contributed by atoms with Gasteiger partial charge in [-0.2, -0.15) is 0 Å². The van der Waals surface area contributed by atoms with Gasteiger partial charge < -0.3 is 10.6 Å². The van der Waals surface area contributed by atoms with Crippen molar-refractivity contribution in [2.24, 2.45) is 0 Å². The molecule has 2 aromatic carbocycles. The number of aryl methyl sites for hydroxylation is 1. The topological polar surface area (TPSA) is 58.2 Å². The first-order valence-electron chi connectivity index (χ1n) is 8.51. The van der Waals surface area contributed by atoms with Crippen LogP contribution in [0.25, 0.3) is 0 Å². The normalized spacial score (nSPS) is 10.3. The molecule has 5 heteroatoms. The molecule has 0 saturated heterocycles. The Bertz CT molecular complexity index is 714. The minimum Gasteiger partial charge on any atom is -0.343 e. The average molecular weight is 342 g/mol. The smallest absolute Gasteiger partial charge is 0.251 e. The van der Waals surface area contributed by atoms with Crippen LogP contribution in [-0.2, 0) is 11.2 Å². The van der Waals surface area contributed by atoms with Gasteiger partial charge in [0.25, 0.3) is 5.91 Å². The first kappa shape index (κ1) is 18.6. The summed E-state index contributed by atoms with van der Waals surface area (Å²) in [6.45, 7) is 2.00. The third kappa shape index (κ3) is 6.37. The second-order valence-corrected chi connectivity index (χ2v) is 5.90. The van der Waals surface area contributed by atoms with Gasteiger partial charge >= 0.3 is 0 Å². The molecule has 2 amide bonds. The third-order valence-corrected chi connectivity index (χ3v) is 3.80. The van der Waals surface area contributed by atoms with Gasteiger partial charge in [-0.15, -0.1) is 0 Å². The van der Waals surface area contributed by atoms with Crippen molar-refractivity contribution in [2.75, 3.05) is 11.9 Å². The summed E-state index contributed by atoms with van der Waals surface area (Å²) in [5.74, 6) is -1.31. The number of unbranched alkanes of at least 4 members (excludes halogenated alkanes) is 2. The number of benzene rings is 2. The van der Waals surface area contributed by atoms with Crippen LogP contribution in [0.3, 0.4) is 0 Å². The number of amides is 2. The van der Waals surface area contributed by atoms with E-state index in [9.17, 15) is 14.0 Å². The number of carbonyl (C=O) groups is 2. The fourth-order valence-corrected chi connectivity index (χ4v) is 2.43. The number of halogens is 1. The molecule has 0 unspecified atom stereocenters. The van der Waals surface area contributed by atoms with Crippen molar-refractivity contribution >= 4 is 17.5 Å². The highest BCUT2D eigenvalue weighted by molar-refractivity contribution is 5.99. The van der Waals surface area contributed by atoms with Crippen molar-refractivity contribution in [3.05, 3.63) is 65.5 Å². The molecular formula is C20H23FN2O2. The van der Waals surface area contributed by atoms with Crippen LogP contribution in [0.4, 0.5) is 10.1 Å². The van der Waals surface area contributed by atoms with Crippen molar-refractivity contribution in [3.63, 3.8) is 0 Å². The van der Waals surface area contributed by atoms with E-state index in [-0.39, 0.29) is 18.0 Å². The lowest BCUT2D eigenvalue weighted by Crippen LogP contribution is -2.32. The molecule has 2 aromatic rings. The van der Waals surface area contributed by atoms with E-state index in [1.807, 2.05) is 24.3 Å². The standard InChI is InChI=1S/C20H23FN2O2/c1-2-3-4-6-15-9-11-18(12-10-15)23-19(24)14-22-20(25)16-7-5-8-17(21)13-16/h5,7-13H,2-4,6,14H2,1H3,(H,22,25)(H,23,24). The van der Waals surface area contributed by atoms with E-state index in [1.54, 1.807) is 0 Å². The number of rotatable bonds is 8. The van der Waals surface area contributed by atoms with E-state index in [1.165, 1.54) is 36.6 Å². The SMILES string of the molecule is CCCCCc1ccc(NC(=O)CNC(=O)c2cccc(F)c2)cc1. The molecule has 0 spiro atoms. The second-order valence-electron chi connectivity index (χ2n) is 5.90. The van der Waals surface area contributed by atoms with Crippen molar-refractivity contribution in [3.8, 4) is 0 Å². The fourth-order valence-electron chi connectivity index (χ4n) is 2.43. The van der Waals surface area contributed by atoms with Gasteiger partial charge in [-0.25, -0.2) is 4.39 Å². The molecule has 0 atom stereocenters. The molecule has 0 saturated carbocycles. The van der Waals surface area contributed by atoms with Crippen molar-refractivity contribution < 1.29 is 14.0 Å². The molecule has 2 rings (SSSR count). The zero-order valence-corrected chi connectivity index (χ0v) is 14.3. The lowest BCUT2D eigenvalue weighted by molar-refractivity contribution is -0.115. The largest absolute Gasteiger partial charge is 0.343 e. The van der Waals surface area contributed by atoms with Crippen LogP contribution in [0.15, 0.2) is 48.5 Å². The van der Waals surface area contributed by atoms with Gasteiger partial charge in [-0.05, 0) is 48.7 Å². The Morgan fingerprint density at radius 2 is 1.80 bits per heavy atom. The summed E-state index contributed by atoms with van der Waals surface area (Å²) >= 11 is 0.